The van der Waals surface area contributed by atoms with E-state index in [9.17, 15) is 9.90 Å². The maximum Gasteiger partial charge on any atom is 0.253 e. The van der Waals surface area contributed by atoms with Crippen molar-refractivity contribution < 1.29 is 9.90 Å². The summed E-state index contributed by atoms with van der Waals surface area (Å²) in [5.74, 6) is 0.295. The van der Waals surface area contributed by atoms with Gasteiger partial charge in [-0.15, -0.1) is 0 Å². The summed E-state index contributed by atoms with van der Waals surface area (Å²) in [5.41, 5.74) is 2.40. The van der Waals surface area contributed by atoms with Crippen LogP contribution in [0.3, 0.4) is 0 Å². The molecule has 0 saturated carbocycles. The molecule has 0 saturated heterocycles. The Bertz CT molecular complexity index is 1130. The molecule has 1 amide bonds. The lowest BCUT2D eigenvalue weighted by atomic mass is 9.94. The number of nitrogens with one attached hydrogen (secondary N) is 1. The number of para-hydroxylation sites is 1. The van der Waals surface area contributed by atoms with Gasteiger partial charge in [0.15, 0.2) is 0 Å². The van der Waals surface area contributed by atoms with Crippen molar-refractivity contribution in [1.82, 2.24) is 24.8 Å². The van der Waals surface area contributed by atoms with Crippen LogP contribution >= 0.6 is 0 Å². The Hall–Kier alpha value is -3.58. The average Bonchev–Trinajstić information content (AvgIpc) is 3.17. The SMILES string of the molecule is CC(O)CC(CNC(=O)c1cn(-c2ncccn2)c2ccccc12)c1cccnc1. The summed E-state index contributed by atoms with van der Waals surface area (Å²) in [7, 11) is 0. The highest BCUT2D eigenvalue weighted by Gasteiger charge is 2.20. The van der Waals surface area contributed by atoms with Gasteiger partial charge in [0.2, 0.25) is 5.95 Å². The first-order chi connectivity index (χ1) is 14.6. The molecule has 0 fully saturated rings. The van der Waals surface area contributed by atoms with Crippen molar-refractivity contribution in [3.8, 4) is 5.95 Å². The van der Waals surface area contributed by atoms with E-state index in [0.717, 1.165) is 16.5 Å². The predicted molar refractivity (Wildman–Crippen MR) is 114 cm³/mol. The zero-order valence-corrected chi connectivity index (χ0v) is 16.6. The van der Waals surface area contributed by atoms with Gasteiger partial charge in [-0.3, -0.25) is 14.3 Å². The van der Waals surface area contributed by atoms with Crippen molar-refractivity contribution in [2.45, 2.75) is 25.4 Å². The quantitative estimate of drug-likeness (QED) is 0.496. The minimum atomic E-state index is -0.482. The van der Waals surface area contributed by atoms with E-state index < -0.39 is 6.10 Å². The zero-order valence-electron chi connectivity index (χ0n) is 16.6. The molecule has 4 aromatic rings. The van der Waals surface area contributed by atoms with Crippen molar-refractivity contribution >= 4 is 16.8 Å². The lowest BCUT2D eigenvalue weighted by molar-refractivity contribution is 0.0947. The fourth-order valence-electron chi connectivity index (χ4n) is 3.62. The van der Waals surface area contributed by atoms with E-state index in [4.69, 9.17) is 0 Å². The highest BCUT2D eigenvalue weighted by molar-refractivity contribution is 6.07. The molecule has 2 unspecified atom stereocenters. The van der Waals surface area contributed by atoms with Gasteiger partial charge in [-0.2, -0.15) is 0 Å². The van der Waals surface area contributed by atoms with Crippen LogP contribution in [0.25, 0.3) is 16.9 Å². The largest absolute Gasteiger partial charge is 0.393 e. The van der Waals surface area contributed by atoms with Crippen LogP contribution in [0.2, 0.25) is 0 Å². The number of benzene rings is 1. The maximum atomic E-state index is 13.1. The molecule has 3 heterocycles. The summed E-state index contributed by atoms with van der Waals surface area (Å²) in [6, 6.07) is 13.3. The Kier molecular flexibility index (Phi) is 5.81. The van der Waals surface area contributed by atoms with Crippen molar-refractivity contribution in [2.24, 2.45) is 0 Å². The Morgan fingerprint density at radius 3 is 2.63 bits per heavy atom. The van der Waals surface area contributed by atoms with Gasteiger partial charge in [-0.05, 0) is 37.1 Å². The highest BCUT2D eigenvalue weighted by Crippen LogP contribution is 2.24. The molecular formula is C23H23N5O2. The normalized spacial score (nSPS) is 13.1. The third-order valence-electron chi connectivity index (χ3n) is 5.01. The number of rotatable bonds is 7. The van der Waals surface area contributed by atoms with Crippen molar-refractivity contribution in [1.29, 1.82) is 0 Å². The van der Waals surface area contributed by atoms with Crippen molar-refractivity contribution in [3.63, 3.8) is 0 Å². The Morgan fingerprint density at radius 2 is 1.90 bits per heavy atom. The number of nitrogens with zero attached hydrogens (tertiary/aromatic N) is 4. The van der Waals surface area contributed by atoms with E-state index in [-0.39, 0.29) is 11.8 Å². The minimum Gasteiger partial charge on any atom is -0.393 e. The molecule has 2 atom stereocenters. The molecule has 0 spiro atoms. The molecule has 0 aliphatic heterocycles. The first-order valence-corrected chi connectivity index (χ1v) is 9.87. The number of fused-ring (bicyclic) bond motifs is 1. The number of aromatic nitrogens is 4. The van der Waals surface area contributed by atoms with Crippen LogP contribution in [-0.4, -0.2) is 43.2 Å². The number of aliphatic hydroxyl groups excluding tert-OH is 1. The van der Waals surface area contributed by atoms with E-state index >= 15 is 0 Å². The number of carbonyl (C=O) groups excluding carboxylic acids is 1. The van der Waals surface area contributed by atoms with E-state index in [1.807, 2.05) is 41.0 Å². The summed E-state index contributed by atoms with van der Waals surface area (Å²) < 4.78 is 1.82. The van der Waals surface area contributed by atoms with Crippen molar-refractivity contribution in [2.75, 3.05) is 6.54 Å². The Labute approximate surface area is 174 Å². The zero-order chi connectivity index (χ0) is 20.9. The van der Waals surface area contributed by atoms with Gasteiger partial charge < -0.3 is 10.4 Å². The topological polar surface area (TPSA) is 92.9 Å². The van der Waals surface area contributed by atoms with Crippen LogP contribution < -0.4 is 5.32 Å². The van der Waals surface area contributed by atoms with Gasteiger partial charge in [-0.25, -0.2) is 9.97 Å². The van der Waals surface area contributed by atoms with Crippen LogP contribution in [0, 0.1) is 0 Å². The van der Waals surface area contributed by atoms with Crippen LogP contribution in [0.4, 0.5) is 0 Å². The second kappa shape index (κ2) is 8.84. The van der Waals surface area contributed by atoms with Crippen LogP contribution in [0.1, 0.15) is 35.2 Å². The molecule has 0 radical (unpaired) electrons. The summed E-state index contributed by atoms with van der Waals surface area (Å²) in [4.78, 5) is 25.9. The second-order valence-electron chi connectivity index (χ2n) is 7.26. The van der Waals surface area contributed by atoms with Gasteiger partial charge in [0.05, 0.1) is 17.2 Å². The van der Waals surface area contributed by atoms with Crippen LogP contribution in [0.5, 0.6) is 0 Å². The molecule has 4 rings (SSSR count). The summed E-state index contributed by atoms with van der Waals surface area (Å²) in [6.45, 7) is 2.15. The van der Waals surface area contributed by atoms with Crippen molar-refractivity contribution in [3.05, 3.63) is 84.6 Å². The molecule has 152 valence electrons. The summed E-state index contributed by atoms with van der Waals surface area (Å²) >= 11 is 0. The van der Waals surface area contributed by atoms with Gasteiger partial charge in [0.1, 0.15) is 0 Å². The van der Waals surface area contributed by atoms with E-state index in [2.05, 4.69) is 20.3 Å². The highest BCUT2D eigenvalue weighted by atomic mass is 16.3. The standard InChI is InChI=1S/C23H23N5O2/c1-16(29)12-18(17-6-4-9-24-13-17)14-27-22(30)20-15-28(23-25-10-5-11-26-23)21-8-3-2-7-19(20)21/h2-11,13,15-16,18,29H,12,14H2,1H3,(H,27,30). The predicted octanol–water partition coefficient (Wildman–Crippen LogP) is 3.10. The van der Waals surface area contributed by atoms with Gasteiger partial charge in [0.25, 0.3) is 5.91 Å². The maximum absolute atomic E-state index is 13.1. The fourth-order valence-corrected chi connectivity index (χ4v) is 3.62. The van der Waals surface area contributed by atoms with Gasteiger partial charge in [0, 0.05) is 48.8 Å². The monoisotopic (exact) mass is 401 g/mol. The smallest absolute Gasteiger partial charge is 0.253 e. The average molecular weight is 401 g/mol. The van der Waals surface area contributed by atoms with Gasteiger partial charge >= 0.3 is 0 Å². The van der Waals surface area contributed by atoms with E-state index in [1.165, 1.54) is 0 Å². The molecule has 0 aliphatic rings. The number of carbonyl (C=O) groups is 1. The minimum absolute atomic E-state index is 0.0338. The molecular weight excluding hydrogens is 378 g/mol. The molecule has 1 aromatic carbocycles. The van der Waals surface area contributed by atoms with Crippen LogP contribution in [0.15, 0.2) is 73.4 Å². The summed E-state index contributed by atoms with van der Waals surface area (Å²) in [5, 5.41) is 13.7. The molecule has 30 heavy (non-hydrogen) atoms. The Morgan fingerprint density at radius 1 is 1.10 bits per heavy atom. The second-order valence-corrected chi connectivity index (χ2v) is 7.26. The third kappa shape index (κ3) is 4.21. The molecule has 3 aromatic heterocycles. The fraction of sp³-hybridized carbons (Fsp3) is 0.217. The molecule has 7 heteroatoms. The number of amides is 1. The number of pyridine rings is 1. The first-order valence-electron chi connectivity index (χ1n) is 9.87. The number of hydrogen-bond acceptors (Lipinski definition) is 5. The number of hydrogen-bond donors (Lipinski definition) is 2. The molecule has 7 nitrogen and oxygen atoms in total. The Balaban J connectivity index is 1.60. The lowest BCUT2D eigenvalue weighted by Gasteiger charge is -2.19. The van der Waals surface area contributed by atoms with Crippen LogP contribution in [-0.2, 0) is 0 Å². The molecule has 2 N–H and O–H groups in total. The van der Waals surface area contributed by atoms with E-state index in [1.54, 1.807) is 44.0 Å². The molecule has 0 aliphatic carbocycles. The first kappa shape index (κ1) is 19.7. The van der Waals surface area contributed by atoms with Gasteiger partial charge in [-0.1, -0.05) is 24.3 Å². The molecule has 0 bridgehead atoms. The summed E-state index contributed by atoms with van der Waals surface area (Å²) in [6.07, 6.45) is 8.65. The van der Waals surface area contributed by atoms with E-state index in [0.29, 0.717) is 24.5 Å². The lowest BCUT2D eigenvalue weighted by Crippen LogP contribution is -2.29. The number of aliphatic hydroxyl groups is 1. The third-order valence-corrected chi connectivity index (χ3v) is 5.01.